The minimum Gasteiger partial charge on any atom is -0.456 e. The van der Waals surface area contributed by atoms with Gasteiger partial charge in [0.25, 0.3) is 0 Å². The predicted octanol–water partition coefficient (Wildman–Crippen LogP) is 5.80. The topological polar surface area (TPSA) is 214 Å². The molecule has 1 unspecified atom stereocenters. The fourth-order valence-corrected chi connectivity index (χ4v) is 7.30. The second-order valence-electron chi connectivity index (χ2n) is 16.0. The lowest BCUT2D eigenvalue weighted by molar-refractivity contribution is -0.132. The number of alkyl carbamates (subject to hydrolysis) is 2. The molecule has 3 aromatic heterocycles. The zero-order valence-electron chi connectivity index (χ0n) is 35.1. The normalized spacial score (nSPS) is 14.9. The maximum Gasteiger partial charge on any atom is 0.407 e. The van der Waals surface area contributed by atoms with Crippen LogP contribution >= 0.6 is 0 Å². The first-order chi connectivity index (χ1) is 29.4. The van der Waals surface area contributed by atoms with E-state index in [-0.39, 0.29) is 29.7 Å². The molecule has 16 heteroatoms. The van der Waals surface area contributed by atoms with Crippen LogP contribution in [0.25, 0.3) is 44.5 Å². The van der Waals surface area contributed by atoms with Crippen LogP contribution in [-0.4, -0.2) is 95.8 Å². The number of nitrogens with one attached hydrogen (secondary N) is 5. The van der Waals surface area contributed by atoms with Crippen LogP contribution in [-0.2, 0) is 31.9 Å². The van der Waals surface area contributed by atoms with Gasteiger partial charge in [-0.3, -0.25) is 14.4 Å². The molecule has 0 bridgehead atoms. The summed E-state index contributed by atoms with van der Waals surface area (Å²) in [5, 5.41) is 8.81. The molecule has 0 saturated heterocycles. The van der Waals surface area contributed by atoms with Crippen LogP contribution < -0.4 is 21.4 Å². The van der Waals surface area contributed by atoms with Gasteiger partial charge in [-0.1, -0.05) is 43.2 Å². The van der Waals surface area contributed by atoms with E-state index in [1.54, 1.807) is 36.5 Å². The number of benzene rings is 2. The average Bonchev–Trinajstić information content (AvgIpc) is 4.20. The van der Waals surface area contributed by atoms with Crippen LogP contribution in [0, 0.1) is 17.8 Å². The summed E-state index contributed by atoms with van der Waals surface area (Å²) in [5.74, 6) is 1.76. The maximum atomic E-state index is 13.8. The van der Waals surface area contributed by atoms with Gasteiger partial charge in [0.15, 0.2) is 0 Å². The van der Waals surface area contributed by atoms with Gasteiger partial charge in [0.2, 0.25) is 17.2 Å². The Kier molecular flexibility index (Phi) is 13.0. The van der Waals surface area contributed by atoms with E-state index < -0.39 is 18.2 Å². The van der Waals surface area contributed by atoms with Crippen molar-refractivity contribution in [2.75, 3.05) is 40.9 Å². The molecule has 320 valence electrons. The standard InChI is InChI=1S/C45H52N8O8/c1-25(2)41(52-45(58)60-5)43(56)53(3)24-31(27-8-9-27)13-17-39-47-22-35(51-39)29-10-14-32-37(19-29)61-36-15-11-28(18-33(36)42(32)55)34-21-46-38(50-34)16-12-30(26-6-7-26)20-48-40(54)23-49-44(57)59-4/h10-15,18-19,21-22,25-27,41H,6-9,16-17,20,23-24H2,1-5H3,(H,46,50)(H,47,51)(H,48,54)(H,49,57)(H,52,58)/b30-12+,31-13+. The van der Waals surface area contributed by atoms with Gasteiger partial charge in [-0.15, -0.1) is 0 Å². The highest BCUT2D eigenvalue weighted by molar-refractivity contribution is 5.93. The van der Waals surface area contributed by atoms with Gasteiger partial charge < -0.3 is 44.7 Å². The van der Waals surface area contributed by atoms with Gasteiger partial charge in [0, 0.05) is 44.1 Å². The van der Waals surface area contributed by atoms with E-state index in [9.17, 15) is 24.0 Å². The van der Waals surface area contributed by atoms with Crippen LogP contribution in [0.3, 0.4) is 0 Å². The lowest BCUT2D eigenvalue weighted by Crippen LogP contribution is -2.50. The molecule has 16 nitrogen and oxygen atoms in total. The number of methoxy groups -OCH3 is 2. The number of aromatic nitrogens is 4. The van der Waals surface area contributed by atoms with Crippen molar-refractivity contribution in [1.82, 2.24) is 40.8 Å². The van der Waals surface area contributed by atoms with Crippen LogP contribution in [0.1, 0.15) is 51.2 Å². The van der Waals surface area contributed by atoms with Gasteiger partial charge in [0.1, 0.15) is 35.4 Å². The zero-order chi connectivity index (χ0) is 43.2. The molecule has 3 heterocycles. The number of hydrogen-bond acceptors (Lipinski definition) is 10. The monoisotopic (exact) mass is 832 g/mol. The Morgan fingerprint density at radius 1 is 0.803 bits per heavy atom. The molecule has 2 aliphatic rings. The third-order valence-electron chi connectivity index (χ3n) is 11.1. The second kappa shape index (κ2) is 18.7. The van der Waals surface area contributed by atoms with Gasteiger partial charge in [-0.2, -0.15) is 0 Å². The molecular formula is C45H52N8O8. The highest BCUT2D eigenvalue weighted by Gasteiger charge is 2.31. The first kappa shape index (κ1) is 42.4. The lowest BCUT2D eigenvalue weighted by Gasteiger charge is -2.27. The number of ether oxygens (including phenoxy) is 2. The number of aromatic amines is 2. The summed E-state index contributed by atoms with van der Waals surface area (Å²) >= 11 is 0. The van der Waals surface area contributed by atoms with Crippen molar-refractivity contribution in [2.24, 2.45) is 17.8 Å². The van der Waals surface area contributed by atoms with Crippen molar-refractivity contribution in [3.8, 4) is 22.5 Å². The number of nitrogens with zero attached hydrogens (tertiary/aromatic N) is 3. The summed E-state index contributed by atoms with van der Waals surface area (Å²) in [6, 6.07) is 10.3. The number of carbonyl (C=O) groups is 4. The smallest absolute Gasteiger partial charge is 0.407 e. The first-order valence-corrected chi connectivity index (χ1v) is 20.6. The van der Waals surface area contributed by atoms with E-state index in [0.717, 1.165) is 71.0 Å². The highest BCUT2D eigenvalue weighted by atomic mass is 16.5. The number of hydrogen-bond donors (Lipinski definition) is 5. The minimum atomic E-state index is -0.690. The molecule has 1 atom stereocenters. The van der Waals surface area contributed by atoms with Crippen molar-refractivity contribution >= 4 is 45.9 Å². The molecule has 61 heavy (non-hydrogen) atoms. The van der Waals surface area contributed by atoms with Crippen molar-refractivity contribution < 1.29 is 33.1 Å². The molecule has 2 aromatic carbocycles. The molecule has 2 saturated carbocycles. The number of imidazole rings is 2. The largest absolute Gasteiger partial charge is 0.456 e. The van der Waals surface area contributed by atoms with E-state index in [1.165, 1.54) is 14.2 Å². The second-order valence-corrected chi connectivity index (χ2v) is 16.0. The Balaban J connectivity index is 1.01. The van der Waals surface area contributed by atoms with E-state index in [1.807, 2.05) is 38.1 Å². The van der Waals surface area contributed by atoms with Gasteiger partial charge in [0.05, 0.1) is 48.8 Å². The summed E-state index contributed by atoms with van der Waals surface area (Å²) < 4.78 is 15.5. The van der Waals surface area contributed by atoms with Crippen LogP contribution in [0.15, 0.2) is 81.3 Å². The quantitative estimate of drug-likeness (QED) is 0.0562. The van der Waals surface area contributed by atoms with Crippen LogP contribution in [0.4, 0.5) is 9.59 Å². The van der Waals surface area contributed by atoms with E-state index in [2.05, 4.69) is 52.8 Å². The molecule has 0 spiro atoms. The molecule has 5 aromatic rings. The summed E-state index contributed by atoms with van der Waals surface area (Å²) in [6.07, 6.45) is 11.8. The molecule has 0 radical (unpaired) electrons. The predicted molar refractivity (Wildman–Crippen MR) is 229 cm³/mol. The fraction of sp³-hybridized carbons (Fsp3) is 0.400. The van der Waals surface area contributed by atoms with Crippen molar-refractivity contribution in [1.29, 1.82) is 0 Å². The number of fused-ring (bicyclic) bond motifs is 2. The first-order valence-electron chi connectivity index (χ1n) is 20.6. The number of H-pyrrole nitrogens is 2. The van der Waals surface area contributed by atoms with Crippen molar-refractivity contribution in [2.45, 2.75) is 58.4 Å². The average molecular weight is 833 g/mol. The van der Waals surface area contributed by atoms with Crippen molar-refractivity contribution in [3.63, 3.8) is 0 Å². The summed E-state index contributed by atoms with van der Waals surface area (Å²) in [6.45, 7) is 4.45. The molecule has 2 fully saturated rings. The number of likely N-dealkylation sites (N-methyl/N-ethyl adjacent to an activating group) is 1. The Morgan fingerprint density at radius 3 is 2.03 bits per heavy atom. The van der Waals surface area contributed by atoms with Crippen molar-refractivity contribution in [3.05, 3.63) is 94.0 Å². The Morgan fingerprint density at radius 2 is 1.41 bits per heavy atom. The third-order valence-corrected chi connectivity index (χ3v) is 11.1. The maximum absolute atomic E-state index is 13.8. The Labute approximate surface area is 352 Å². The molecule has 0 aliphatic heterocycles. The van der Waals surface area contributed by atoms with Crippen LogP contribution in [0.5, 0.6) is 0 Å². The molecule has 4 amide bonds. The highest BCUT2D eigenvalue weighted by Crippen LogP contribution is 2.38. The molecule has 5 N–H and O–H groups in total. The van der Waals surface area contributed by atoms with Crippen LogP contribution in [0.2, 0.25) is 0 Å². The van der Waals surface area contributed by atoms with E-state index in [4.69, 9.17) is 9.15 Å². The number of amides is 4. The van der Waals surface area contributed by atoms with Gasteiger partial charge in [-0.05, 0) is 73.8 Å². The van der Waals surface area contributed by atoms with Gasteiger partial charge in [-0.25, -0.2) is 19.6 Å². The summed E-state index contributed by atoms with van der Waals surface area (Å²) in [5.41, 5.74) is 6.22. The third kappa shape index (κ3) is 10.5. The number of allylic oxidation sites excluding steroid dienone is 2. The number of rotatable bonds is 17. The number of carbonyl (C=O) groups excluding carboxylic acids is 4. The SMILES string of the molecule is COC(=O)NCC(=O)NC/C(=C\Cc1ncc(-c2ccc3oc4cc(-c5cnc(C/C=C(\CN(C)C(=O)C(NC(=O)OC)C(C)C)C6CC6)[nH]5)ccc4c(=O)c3c2)[nH]1)C1CC1. The molecule has 2 aliphatic carbocycles. The summed E-state index contributed by atoms with van der Waals surface area (Å²) in [4.78, 5) is 80.0. The Bertz CT molecular complexity index is 2560. The fourth-order valence-electron chi connectivity index (χ4n) is 7.30. The van der Waals surface area contributed by atoms with E-state index >= 15 is 0 Å². The minimum absolute atomic E-state index is 0.108. The zero-order valence-corrected chi connectivity index (χ0v) is 35.1. The summed E-state index contributed by atoms with van der Waals surface area (Å²) in [7, 11) is 4.28. The lowest BCUT2D eigenvalue weighted by atomic mass is 10.0. The molecular weight excluding hydrogens is 781 g/mol. The Hall–Kier alpha value is -6.71. The van der Waals surface area contributed by atoms with Gasteiger partial charge >= 0.3 is 12.2 Å². The molecule has 7 rings (SSSR count). The van der Waals surface area contributed by atoms with E-state index in [0.29, 0.717) is 59.7 Å².